The lowest BCUT2D eigenvalue weighted by Gasteiger charge is -2.30. The minimum absolute atomic E-state index is 0.0819. The van der Waals surface area contributed by atoms with Crippen LogP contribution in [-0.2, 0) is 17.8 Å². The van der Waals surface area contributed by atoms with Gasteiger partial charge in [-0.25, -0.2) is 4.79 Å². The maximum Gasteiger partial charge on any atom is 0.315 e. The summed E-state index contributed by atoms with van der Waals surface area (Å²) in [7, 11) is 0. The number of ether oxygens (including phenoxy) is 1. The Morgan fingerprint density at radius 3 is 2.48 bits per heavy atom. The quantitative estimate of drug-likeness (QED) is 0.767. The molecule has 150 valence electrons. The summed E-state index contributed by atoms with van der Waals surface area (Å²) in [5, 5.41) is 6.00. The first-order valence-corrected chi connectivity index (χ1v) is 10.3. The summed E-state index contributed by atoms with van der Waals surface area (Å²) in [5.41, 5.74) is 2.46. The number of likely N-dealkylation sites (tertiary alicyclic amines) is 1. The highest BCUT2D eigenvalue weighted by Crippen LogP contribution is 2.15. The molecule has 1 aromatic rings. The summed E-state index contributed by atoms with van der Waals surface area (Å²) in [6, 6.07) is 8.28. The number of carbonyl (C=O) groups is 1. The van der Waals surface area contributed by atoms with Crippen molar-refractivity contribution < 1.29 is 9.53 Å². The third-order valence-corrected chi connectivity index (χ3v) is 5.65. The van der Waals surface area contributed by atoms with Gasteiger partial charge in [-0.1, -0.05) is 31.2 Å². The van der Waals surface area contributed by atoms with Gasteiger partial charge in [0.1, 0.15) is 0 Å². The molecule has 27 heavy (non-hydrogen) atoms. The van der Waals surface area contributed by atoms with Gasteiger partial charge < -0.3 is 20.3 Å². The first-order chi connectivity index (χ1) is 13.2. The molecular weight excluding hydrogens is 340 g/mol. The van der Waals surface area contributed by atoms with Gasteiger partial charge in [-0.05, 0) is 43.0 Å². The normalized spacial score (nSPS) is 19.7. The number of benzene rings is 1. The molecule has 2 amide bonds. The highest BCUT2D eigenvalue weighted by molar-refractivity contribution is 5.73. The summed E-state index contributed by atoms with van der Waals surface area (Å²) in [4.78, 5) is 17.0. The number of piperidine rings is 1. The van der Waals surface area contributed by atoms with Crippen LogP contribution in [0.3, 0.4) is 0 Å². The van der Waals surface area contributed by atoms with Crippen molar-refractivity contribution in [3.8, 4) is 0 Å². The molecule has 6 nitrogen and oxygen atoms in total. The van der Waals surface area contributed by atoms with Gasteiger partial charge in [0, 0.05) is 39.3 Å². The van der Waals surface area contributed by atoms with Crippen molar-refractivity contribution in [2.24, 2.45) is 5.92 Å². The van der Waals surface area contributed by atoms with Gasteiger partial charge >= 0.3 is 6.03 Å². The summed E-state index contributed by atoms with van der Waals surface area (Å²) >= 11 is 0. The Bertz CT molecular complexity index is 581. The Balaban J connectivity index is 1.38. The fraction of sp³-hybridized carbons (Fsp3) is 0.667. The van der Waals surface area contributed by atoms with E-state index in [1.165, 1.54) is 24.0 Å². The molecule has 2 N–H and O–H groups in total. The zero-order valence-electron chi connectivity index (χ0n) is 16.6. The summed E-state index contributed by atoms with van der Waals surface area (Å²) in [6.45, 7) is 11.3. The van der Waals surface area contributed by atoms with Crippen LogP contribution < -0.4 is 10.6 Å². The van der Waals surface area contributed by atoms with Gasteiger partial charge in [0.25, 0.3) is 0 Å². The molecule has 0 radical (unpaired) electrons. The lowest BCUT2D eigenvalue weighted by atomic mass is 9.99. The van der Waals surface area contributed by atoms with Gasteiger partial charge in [-0.2, -0.15) is 0 Å². The van der Waals surface area contributed by atoms with Crippen molar-refractivity contribution in [1.82, 2.24) is 20.4 Å². The number of rotatable bonds is 7. The van der Waals surface area contributed by atoms with Crippen molar-refractivity contribution in [3.05, 3.63) is 35.4 Å². The number of hydrogen-bond acceptors (Lipinski definition) is 4. The highest BCUT2D eigenvalue weighted by Gasteiger charge is 2.15. The van der Waals surface area contributed by atoms with E-state index in [2.05, 4.69) is 45.6 Å². The van der Waals surface area contributed by atoms with E-state index in [0.29, 0.717) is 13.1 Å². The molecule has 2 aliphatic heterocycles. The van der Waals surface area contributed by atoms with Crippen LogP contribution in [0.4, 0.5) is 4.79 Å². The van der Waals surface area contributed by atoms with Gasteiger partial charge in [-0.3, -0.25) is 4.90 Å². The van der Waals surface area contributed by atoms with Crippen LogP contribution in [0, 0.1) is 5.92 Å². The van der Waals surface area contributed by atoms with Crippen molar-refractivity contribution in [3.63, 3.8) is 0 Å². The third-order valence-electron chi connectivity index (χ3n) is 5.65. The Hall–Kier alpha value is -1.63. The lowest BCUT2D eigenvalue weighted by molar-refractivity contribution is 0.0341. The molecule has 6 heteroatoms. The van der Waals surface area contributed by atoms with Gasteiger partial charge in [0.2, 0.25) is 0 Å². The monoisotopic (exact) mass is 374 g/mol. The summed E-state index contributed by atoms with van der Waals surface area (Å²) in [5.74, 6) is 0.843. The van der Waals surface area contributed by atoms with E-state index in [1.54, 1.807) is 0 Å². The fourth-order valence-electron chi connectivity index (χ4n) is 3.74. The molecule has 2 fully saturated rings. The summed E-state index contributed by atoms with van der Waals surface area (Å²) in [6.07, 6.45) is 2.54. The lowest BCUT2D eigenvalue weighted by Crippen LogP contribution is -2.42. The zero-order valence-corrected chi connectivity index (χ0v) is 16.6. The highest BCUT2D eigenvalue weighted by atomic mass is 16.5. The molecule has 0 spiro atoms. The average Bonchev–Trinajstić information content (AvgIpc) is 2.70. The van der Waals surface area contributed by atoms with Crippen LogP contribution in [0.25, 0.3) is 0 Å². The largest absolute Gasteiger partial charge is 0.379 e. The molecule has 1 aromatic carbocycles. The smallest absolute Gasteiger partial charge is 0.315 e. The van der Waals surface area contributed by atoms with E-state index in [9.17, 15) is 4.79 Å². The molecule has 2 aliphatic rings. The molecule has 0 atom stereocenters. The van der Waals surface area contributed by atoms with Crippen molar-refractivity contribution >= 4 is 6.03 Å². The molecule has 0 saturated carbocycles. The molecule has 0 aromatic heterocycles. The van der Waals surface area contributed by atoms with Gasteiger partial charge in [0.15, 0.2) is 0 Å². The van der Waals surface area contributed by atoms with Crippen molar-refractivity contribution in [2.75, 3.05) is 52.5 Å². The first kappa shape index (κ1) is 20.1. The van der Waals surface area contributed by atoms with Crippen LogP contribution in [0.1, 0.15) is 30.9 Å². The molecule has 0 bridgehead atoms. The number of carbonyl (C=O) groups excluding carboxylic acids is 1. The van der Waals surface area contributed by atoms with Crippen LogP contribution in [-0.4, -0.2) is 68.3 Å². The van der Waals surface area contributed by atoms with E-state index in [-0.39, 0.29) is 6.03 Å². The minimum atomic E-state index is -0.0819. The van der Waals surface area contributed by atoms with Crippen LogP contribution in [0.2, 0.25) is 0 Å². The third kappa shape index (κ3) is 6.79. The second-order valence-corrected chi connectivity index (χ2v) is 7.79. The Morgan fingerprint density at radius 1 is 1.04 bits per heavy atom. The van der Waals surface area contributed by atoms with Crippen LogP contribution >= 0.6 is 0 Å². The minimum Gasteiger partial charge on any atom is -0.379 e. The fourth-order valence-corrected chi connectivity index (χ4v) is 3.74. The molecule has 0 unspecified atom stereocenters. The van der Waals surface area contributed by atoms with Crippen LogP contribution in [0.15, 0.2) is 24.3 Å². The number of nitrogens with one attached hydrogen (secondary N) is 2. The molecule has 2 heterocycles. The second kappa shape index (κ2) is 10.6. The molecule has 2 saturated heterocycles. The van der Waals surface area contributed by atoms with Gasteiger partial charge in [-0.15, -0.1) is 0 Å². The first-order valence-electron chi connectivity index (χ1n) is 10.3. The standard InChI is InChI=1S/C21H34N4O2/c1-18-6-9-24(10-7-18)11-8-22-21(26)23-16-19-4-2-3-5-20(19)17-25-12-14-27-15-13-25/h2-5,18H,6-17H2,1H3,(H2,22,23,26). The van der Waals surface area contributed by atoms with Crippen molar-refractivity contribution in [1.29, 1.82) is 0 Å². The van der Waals surface area contributed by atoms with E-state index in [1.807, 2.05) is 6.07 Å². The van der Waals surface area contributed by atoms with E-state index in [0.717, 1.165) is 58.4 Å². The average molecular weight is 375 g/mol. The second-order valence-electron chi connectivity index (χ2n) is 7.79. The number of urea groups is 1. The summed E-state index contributed by atoms with van der Waals surface area (Å²) < 4.78 is 5.42. The number of amides is 2. The van der Waals surface area contributed by atoms with Crippen LogP contribution in [0.5, 0.6) is 0 Å². The Kier molecular flexibility index (Phi) is 7.93. The Labute approximate surface area is 163 Å². The molecule has 3 rings (SSSR count). The SMILES string of the molecule is CC1CCN(CCNC(=O)NCc2ccccc2CN2CCOCC2)CC1. The van der Waals surface area contributed by atoms with E-state index < -0.39 is 0 Å². The molecule has 0 aliphatic carbocycles. The maximum absolute atomic E-state index is 12.1. The van der Waals surface area contributed by atoms with E-state index >= 15 is 0 Å². The predicted octanol–water partition coefficient (Wildman–Crippen LogP) is 2.05. The zero-order chi connectivity index (χ0) is 18.9. The number of nitrogens with zero attached hydrogens (tertiary/aromatic N) is 2. The number of hydrogen-bond donors (Lipinski definition) is 2. The predicted molar refractivity (Wildman–Crippen MR) is 108 cm³/mol. The topological polar surface area (TPSA) is 56.8 Å². The Morgan fingerprint density at radius 2 is 1.74 bits per heavy atom. The van der Waals surface area contributed by atoms with Gasteiger partial charge in [0.05, 0.1) is 13.2 Å². The van der Waals surface area contributed by atoms with Crippen molar-refractivity contribution in [2.45, 2.75) is 32.9 Å². The number of morpholine rings is 1. The van der Waals surface area contributed by atoms with E-state index in [4.69, 9.17) is 4.74 Å². The maximum atomic E-state index is 12.1. The molecular formula is C21H34N4O2.